The zero-order valence-electron chi connectivity index (χ0n) is 12.9. The van der Waals surface area contributed by atoms with Crippen molar-refractivity contribution < 1.29 is 0 Å². The number of hydrogen-bond donors (Lipinski definition) is 1. The molecule has 116 valence electrons. The number of H-pyrrole nitrogens is 1. The number of hydrogen-bond acceptors (Lipinski definition) is 4. The van der Waals surface area contributed by atoms with E-state index in [9.17, 15) is 0 Å². The fourth-order valence-corrected chi connectivity index (χ4v) is 2.93. The van der Waals surface area contributed by atoms with E-state index in [2.05, 4.69) is 31.1 Å². The molecule has 0 fully saturated rings. The summed E-state index contributed by atoms with van der Waals surface area (Å²) < 4.78 is 3.70. The first-order valence-corrected chi connectivity index (χ1v) is 7.53. The maximum absolute atomic E-state index is 4.53. The number of fused-ring (bicyclic) bond motifs is 2. The molecule has 0 radical (unpaired) electrons. The Labute approximate surface area is 136 Å². The highest BCUT2D eigenvalue weighted by molar-refractivity contribution is 5.95. The Kier molecular flexibility index (Phi) is 2.58. The van der Waals surface area contributed by atoms with Crippen LogP contribution in [0.25, 0.3) is 39.1 Å². The Bertz CT molecular complexity index is 1180. The van der Waals surface area contributed by atoms with E-state index in [1.807, 2.05) is 54.8 Å². The standard InChI is InChI=1S/C17H13N7/c1-23-9-12(7-22-23)11-4-14-15(8-20-16(14)19-5-11)13-6-21-17-18-2-3-24(17)10-13/h2-10H,1H3,(H,19,20). The second-order valence-corrected chi connectivity index (χ2v) is 5.70. The molecule has 0 atom stereocenters. The van der Waals surface area contributed by atoms with Crippen molar-refractivity contribution in [3.05, 3.63) is 55.6 Å². The summed E-state index contributed by atoms with van der Waals surface area (Å²) >= 11 is 0. The zero-order chi connectivity index (χ0) is 16.1. The normalized spacial score (nSPS) is 11.5. The van der Waals surface area contributed by atoms with Crippen molar-refractivity contribution in [3.8, 4) is 22.3 Å². The number of aryl methyl sites for hydroxylation is 1. The van der Waals surface area contributed by atoms with Gasteiger partial charge in [0.15, 0.2) is 0 Å². The number of aromatic amines is 1. The molecule has 0 aliphatic heterocycles. The van der Waals surface area contributed by atoms with Crippen LogP contribution in [0.1, 0.15) is 0 Å². The van der Waals surface area contributed by atoms with Crippen molar-refractivity contribution in [2.45, 2.75) is 0 Å². The molecule has 7 heteroatoms. The van der Waals surface area contributed by atoms with Crippen LogP contribution in [0.4, 0.5) is 0 Å². The molecule has 24 heavy (non-hydrogen) atoms. The van der Waals surface area contributed by atoms with Crippen molar-refractivity contribution >= 4 is 16.8 Å². The molecule has 0 spiro atoms. The Morgan fingerprint density at radius 3 is 2.75 bits per heavy atom. The molecule has 0 unspecified atom stereocenters. The molecule has 5 aromatic rings. The fourth-order valence-electron chi connectivity index (χ4n) is 2.93. The summed E-state index contributed by atoms with van der Waals surface area (Å²) in [6.07, 6.45) is 15.1. The summed E-state index contributed by atoms with van der Waals surface area (Å²) in [5.41, 5.74) is 5.00. The highest BCUT2D eigenvalue weighted by Gasteiger charge is 2.11. The third-order valence-corrected chi connectivity index (χ3v) is 4.13. The number of imidazole rings is 1. The van der Waals surface area contributed by atoms with Crippen LogP contribution in [0.5, 0.6) is 0 Å². The van der Waals surface area contributed by atoms with Crippen LogP contribution in [0.15, 0.2) is 55.6 Å². The van der Waals surface area contributed by atoms with E-state index in [0.29, 0.717) is 5.78 Å². The molecule has 5 rings (SSSR count). The lowest BCUT2D eigenvalue weighted by Crippen LogP contribution is -1.89. The van der Waals surface area contributed by atoms with Crippen LogP contribution in [0, 0.1) is 0 Å². The van der Waals surface area contributed by atoms with Crippen LogP contribution >= 0.6 is 0 Å². The lowest BCUT2D eigenvalue weighted by molar-refractivity contribution is 0.768. The molecule has 0 aliphatic rings. The molecule has 5 heterocycles. The molecule has 0 saturated carbocycles. The maximum atomic E-state index is 4.53. The van der Waals surface area contributed by atoms with Gasteiger partial charge in [-0.1, -0.05) is 0 Å². The summed E-state index contributed by atoms with van der Waals surface area (Å²) in [4.78, 5) is 16.3. The van der Waals surface area contributed by atoms with Crippen LogP contribution in [-0.2, 0) is 7.05 Å². The van der Waals surface area contributed by atoms with E-state index in [0.717, 1.165) is 33.3 Å². The molecular formula is C17H13N7. The number of nitrogens with zero attached hydrogens (tertiary/aromatic N) is 6. The lowest BCUT2D eigenvalue weighted by Gasteiger charge is -2.02. The first kappa shape index (κ1) is 13.0. The first-order chi connectivity index (χ1) is 11.8. The van der Waals surface area contributed by atoms with Gasteiger partial charge < -0.3 is 4.98 Å². The van der Waals surface area contributed by atoms with Crippen molar-refractivity contribution in [3.63, 3.8) is 0 Å². The molecular weight excluding hydrogens is 302 g/mol. The molecule has 1 N–H and O–H groups in total. The summed E-state index contributed by atoms with van der Waals surface area (Å²) in [5, 5.41) is 5.28. The Morgan fingerprint density at radius 1 is 0.958 bits per heavy atom. The van der Waals surface area contributed by atoms with E-state index >= 15 is 0 Å². The number of aromatic nitrogens is 7. The largest absolute Gasteiger partial charge is 0.346 e. The average molecular weight is 315 g/mol. The third-order valence-electron chi connectivity index (χ3n) is 4.13. The van der Waals surface area contributed by atoms with E-state index in [1.165, 1.54) is 0 Å². The second-order valence-electron chi connectivity index (χ2n) is 5.70. The summed E-state index contributed by atoms with van der Waals surface area (Å²) in [6, 6.07) is 2.13. The van der Waals surface area contributed by atoms with Crippen molar-refractivity contribution in [2.24, 2.45) is 7.05 Å². The second kappa shape index (κ2) is 4.76. The highest BCUT2D eigenvalue weighted by atomic mass is 15.2. The monoisotopic (exact) mass is 315 g/mol. The molecule has 0 aliphatic carbocycles. The van der Waals surface area contributed by atoms with Crippen LogP contribution in [0.3, 0.4) is 0 Å². The Hall–Kier alpha value is -3.48. The van der Waals surface area contributed by atoms with E-state index in [4.69, 9.17) is 0 Å². The average Bonchev–Trinajstić information content (AvgIpc) is 3.32. The summed E-state index contributed by atoms with van der Waals surface area (Å²) in [5.74, 6) is 0.688. The van der Waals surface area contributed by atoms with Gasteiger partial charge in [-0.15, -0.1) is 0 Å². The van der Waals surface area contributed by atoms with Gasteiger partial charge in [-0.3, -0.25) is 9.08 Å². The lowest BCUT2D eigenvalue weighted by atomic mass is 10.1. The number of pyridine rings is 1. The minimum atomic E-state index is 0.688. The van der Waals surface area contributed by atoms with Crippen LogP contribution < -0.4 is 0 Å². The predicted molar refractivity (Wildman–Crippen MR) is 90.3 cm³/mol. The van der Waals surface area contributed by atoms with Crippen LogP contribution in [-0.4, -0.2) is 34.1 Å². The van der Waals surface area contributed by atoms with Crippen LogP contribution in [0.2, 0.25) is 0 Å². The Balaban J connectivity index is 1.70. The minimum Gasteiger partial charge on any atom is -0.346 e. The Morgan fingerprint density at radius 2 is 1.88 bits per heavy atom. The van der Waals surface area contributed by atoms with Crippen molar-refractivity contribution in [2.75, 3.05) is 0 Å². The first-order valence-electron chi connectivity index (χ1n) is 7.53. The van der Waals surface area contributed by atoms with E-state index in [-0.39, 0.29) is 0 Å². The van der Waals surface area contributed by atoms with Gasteiger partial charge in [-0.2, -0.15) is 5.10 Å². The SMILES string of the molecule is Cn1cc(-c2cnc3[nH]cc(-c4cnc5nccn5c4)c3c2)cn1. The number of rotatable bonds is 2. The van der Waals surface area contributed by atoms with Gasteiger partial charge in [0.25, 0.3) is 0 Å². The predicted octanol–water partition coefficient (Wildman–Crippen LogP) is 2.67. The fraction of sp³-hybridized carbons (Fsp3) is 0.0588. The summed E-state index contributed by atoms with van der Waals surface area (Å²) in [6.45, 7) is 0. The van der Waals surface area contributed by atoms with E-state index in [1.54, 1.807) is 10.9 Å². The van der Waals surface area contributed by atoms with Gasteiger partial charge in [0.1, 0.15) is 5.65 Å². The van der Waals surface area contributed by atoms with Gasteiger partial charge in [0, 0.05) is 78.1 Å². The van der Waals surface area contributed by atoms with Crippen molar-refractivity contribution in [1.29, 1.82) is 0 Å². The summed E-state index contributed by atoms with van der Waals surface area (Å²) in [7, 11) is 1.91. The molecule has 0 bridgehead atoms. The molecule has 0 aromatic carbocycles. The zero-order valence-corrected chi connectivity index (χ0v) is 12.9. The highest BCUT2D eigenvalue weighted by Crippen LogP contribution is 2.30. The molecule has 5 aromatic heterocycles. The number of nitrogens with one attached hydrogen (secondary N) is 1. The third kappa shape index (κ3) is 1.91. The quantitative estimate of drug-likeness (QED) is 0.543. The van der Waals surface area contributed by atoms with Crippen molar-refractivity contribution in [1.82, 2.24) is 34.1 Å². The van der Waals surface area contributed by atoms with Gasteiger partial charge in [0.05, 0.1) is 6.20 Å². The van der Waals surface area contributed by atoms with E-state index < -0.39 is 0 Å². The van der Waals surface area contributed by atoms with Gasteiger partial charge in [0.2, 0.25) is 5.78 Å². The maximum Gasteiger partial charge on any atom is 0.233 e. The van der Waals surface area contributed by atoms with Gasteiger partial charge in [-0.05, 0) is 6.07 Å². The van der Waals surface area contributed by atoms with Gasteiger partial charge >= 0.3 is 0 Å². The smallest absolute Gasteiger partial charge is 0.233 e. The molecule has 7 nitrogen and oxygen atoms in total. The topological polar surface area (TPSA) is 76.7 Å². The molecule has 0 amide bonds. The molecule has 0 saturated heterocycles. The minimum absolute atomic E-state index is 0.688. The van der Waals surface area contributed by atoms with Gasteiger partial charge in [-0.25, -0.2) is 15.0 Å².